The van der Waals surface area contributed by atoms with Crippen LogP contribution in [0.3, 0.4) is 0 Å². The van der Waals surface area contributed by atoms with Gasteiger partial charge in [-0.2, -0.15) is 0 Å². The third-order valence-corrected chi connectivity index (χ3v) is 14.8. The Bertz CT molecular complexity index is 1110. The molecule has 0 spiro atoms. The van der Waals surface area contributed by atoms with Crippen molar-refractivity contribution in [2.24, 2.45) is 0 Å². The Balaban J connectivity index is 3.39. The second-order valence-corrected chi connectivity index (χ2v) is 21.8. The van der Waals surface area contributed by atoms with Gasteiger partial charge in [0, 0.05) is 6.42 Å². The topological polar surface area (TPSA) is 69.6 Å². The van der Waals surface area contributed by atoms with Crippen molar-refractivity contribution >= 4 is 5.91 Å². The number of hydrogen-bond acceptors (Lipinski definition) is 3. The monoisotopic (exact) mass is 980 g/mol. The zero-order valence-electron chi connectivity index (χ0n) is 47.6. The molecule has 0 radical (unpaired) electrons. The summed E-state index contributed by atoms with van der Waals surface area (Å²) in [5.74, 6) is -0.0677. The molecule has 2 unspecified atom stereocenters. The van der Waals surface area contributed by atoms with Gasteiger partial charge in [-0.1, -0.05) is 326 Å². The van der Waals surface area contributed by atoms with E-state index < -0.39 is 12.1 Å². The van der Waals surface area contributed by atoms with E-state index in [0.717, 1.165) is 38.5 Å². The van der Waals surface area contributed by atoms with E-state index in [-0.39, 0.29) is 12.5 Å². The Morgan fingerprint density at radius 3 is 0.914 bits per heavy atom. The summed E-state index contributed by atoms with van der Waals surface area (Å²) in [4.78, 5) is 12.5. The number of aliphatic hydroxyl groups is 2. The lowest BCUT2D eigenvalue weighted by molar-refractivity contribution is -0.123. The molecule has 2 atom stereocenters. The lowest BCUT2D eigenvalue weighted by Gasteiger charge is -2.19. The van der Waals surface area contributed by atoms with Gasteiger partial charge in [0.05, 0.1) is 18.8 Å². The maximum Gasteiger partial charge on any atom is 0.220 e. The van der Waals surface area contributed by atoms with E-state index in [0.29, 0.717) is 6.42 Å². The third-order valence-electron chi connectivity index (χ3n) is 14.8. The van der Waals surface area contributed by atoms with E-state index in [9.17, 15) is 15.0 Å². The summed E-state index contributed by atoms with van der Waals surface area (Å²) in [5.41, 5.74) is 0. The number of allylic oxidation sites excluding steroid dienone is 7. The van der Waals surface area contributed by atoms with Crippen molar-refractivity contribution in [3.05, 3.63) is 48.6 Å². The third kappa shape index (κ3) is 57.3. The highest BCUT2D eigenvalue weighted by Crippen LogP contribution is 2.18. The smallest absolute Gasteiger partial charge is 0.220 e. The molecule has 70 heavy (non-hydrogen) atoms. The van der Waals surface area contributed by atoms with Gasteiger partial charge in [0.1, 0.15) is 0 Å². The number of aliphatic hydroxyl groups excluding tert-OH is 2. The molecular formula is C66H125NO3. The van der Waals surface area contributed by atoms with Gasteiger partial charge in [0.15, 0.2) is 0 Å². The molecule has 1 amide bonds. The molecule has 0 saturated carbocycles. The molecule has 0 aromatic rings. The second kappa shape index (κ2) is 61.6. The van der Waals surface area contributed by atoms with Crippen LogP contribution in [0.2, 0.25) is 0 Å². The molecule has 4 heteroatoms. The van der Waals surface area contributed by atoms with E-state index in [1.165, 1.54) is 289 Å². The molecular weight excluding hydrogens is 855 g/mol. The van der Waals surface area contributed by atoms with Crippen LogP contribution in [0.25, 0.3) is 0 Å². The number of unbranched alkanes of at least 4 members (excludes halogenated alkanes) is 46. The van der Waals surface area contributed by atoms with Crippen molar-refractivity contribution in [2.75, 3.05) is 6.61 Å². The first-order valence-corrected chi connectivity index (χ1v) is 31.9. The fourth-order valence-electron chi connectivity index (χ4n) is 9.94. The average Bonchev–Trinajstić information content (AvgIpc) is 3.36. The Hall–Kier alpha value is -1.65. The van der Waals surface area contributed by atoms with Gasteiger partial charge in [0.25, 0.3) is 0 Å². The van der Waals surface area contributed by atoms with Gasteiger partial charge < -0.3 is 15.5 Å². The van der Waals surface area contributed by atoms with Crippen molar-refractivity contribution in [2.45, 2.75) is 360 Å². The summed E-state index contributed by atoms with van der Waals surface area (Å²) >= 11 is 0. The molecule has 0 aromatic heterocycles. The summed E-state index contributed by atoms with van der Waals surface area (Å²) in [5, 5.41) is 23.1. The van der Waals surface area contributed by atoms with Crippen LogP contribution in [-0.2, 0) is 4.79 Å². The van der Waals surface area contributed by atoms with E-state index in [1.807, 2.05) is 6.08 Å². The van der Waals surface area contributed by atoms with Crippen LogP contribution < -0.4 is 5.32 Å². The summed E-state index contributed by atoms with van der Waals surface area (Å²) in [6.45, 7) is 4.31. The average molecular weight is 981 g/mol. The van der Waals surface area contributed by atoms with E-state index >= 15 is 0 Å². The maximum absolute atomic E-state index is 12.5. The van der Waals surface area contributed by atoms with Gasteiger partial charge in [-0.15, -0.1) is 0 Å². The van der Waals surface area contributed by atoms with Crippen molar-refractivity contribution in [1.82, 2.24) is 5.32 Å². The zero-order valence-corrected chi connectivity index (χ0v) is 47.6. The maximum atomic E-state index is 12.5. The summed E-state index contributed by atoms with van der Waals surface area (Å²) in [7, 11) is 0. The highest BCUT2D eigenvalue weighted by Gasteiger charge is 2.18. The molecule has 0 aliphatic carbocycles. The summed E-state index contributed by atoms with van der Waals surface area (Å²) in [6, 6.07) is -0.638. The van der Waals surface area contributed by atoms with Crippen LogP contribution in [0, 0.1) is 0 Å². The van der Waals surface area contributed by atoms with Crippen molar-refractivity contribution in [3.63, 3.8) is 0 Å². The molecule has 0 rings (SSSR count). The lowest BCUT2D eigenvalue weighted by Crippen LogP contribution is -2.45. The van der Waals surface area contributed by atoms with Crippen LogP contribution in [0.4, 0.5) is 0 Å². The van der Waals surface area contributed by atoms with Gasteiger partial charge in [-0.25, -0.2) is 0 Å². The fraction of sp³-hybridized carbons (Fsp3) is 0.864. The first-order chi connectivity index (χ1) is 34.7. The van der Waals surface area contributed by atoms with E-state index in [4.69, 9.17) is 0 Å². The number of amides is 1. The Labute approximate surface area is 439 Å². The minimum Gasteiger partial charge on any atom is -0.394 e. The molecule has 0 fully saturated rings. The van der Waals surface area contributed by atoms with Crippen LogP contribution in [0.15, 0.2) is 48.6 Å². The Kier molecular flexibility index (Phi) is 60.2. The quantitative estimate of drug-likeness (QED) is 0.0420. The SMILES string of the molecule is CCCCCCC/C=C\C/C=C\CCCCCCCCCCCCCCCCCCCCCCCCCCCCCCCC(=O)NC(CO)C(O)/C=C/CC/C=C/CCCCCCCCCCCCC. The molecule has 3 N–H and O–H groups in total. The largest absolute Gasteiger partial charge is 0.394 e. The highest BCUT2D eigenvalue weighted by molar-refractivity contribution is 5.76. The van der Waals surface area contributed by atoms with Crippen LogP contribution in [-0.4, -0.2) is 34.9 Å². The first-order valence-electron chi connectivity index (χ1n) is 31.9. The van der Waals surface area contributed by atoms with Crippen molar-refractivity contribution in [1.29, 1.82) is 0 Å². The van der Waals surface area contributed by atoms with E-state index in [1.54, 1.807) is 6.08 Å². The fourth-order valence-corrected chi connectivity index (χ4v) is 9.94. The zero-order chi connectivity index (χ0) is 50.6. The molecule has 0 bridgehead atoms. The number of rotatable bonds is 59. The van der Waals surface area contributed by atoms with Crippen LogP contribution >= 0.6 is 0 Å². The summed E-state index contributed by atoms with van der Waals surface area (Å²) < 4.78 is 0. The number of carbonyl (C=O) groups excluding carboxylic acids is 1. The molecule has 0 aliphatic heterocycles. The predicted molar refractivity (Wildman–Crippen MR) is 313 cm³/mol. The highest BCUT2D eigenvalue weighted by atomic mass is 16.3. The van der Waals surface area contributed by atoms with E-state index in [2.05, 4.69) is 55.6 Å². The molecule has 0 aliphatic rings. The van der Waals surface area contributed by atoms with Crippen LogP contribution in [0.1, 0.15) is 348 Å². The van der Waals surface area contributed by atoms with Crippen molar-refractivity contribution in [3.8, 4) is 0 Å². The molecule has 0 aromatic carbocycles. The minimum atomic E-state index is -0.861. The number of hydrogen-bond donors (Lipinski definition) is 3. The molecule has 0 heterocycles. The normalized spacial score (nSPS) is 13.0. The number of carbonyl (C=O) groups is 1. The standard InChI is InChI=1S/C66H125NO3/c1-3-5-7-9-11-13-15-17-19-21-22-23-24-25-26-27-28-29-30-31-32-33-34-35-36-37-38-39-40-41-42-43-44-46-48-50-52-54-56-58-60-62-66(70)67-64(63-68)65(69)61-59-57-55-53-51-49-47-45-20-18-16-14-12-10-8-6-4-2/h15,17,21-22,51,53,59,61,64-65,68-69H,3-14,16,18-20,23-50,52,54-58,60,62-63H2,1-2H3,(H,67,70)/b17-15-,22-21-,53-51+,61-59+. The summed E-state index contributed by atoms with van der Waals surface area (Å²) in [6.07, 6.45) is 86.1. The first kappa shape index (κ1) is 68.4. The van der Waals surface area contributed by atoms with Gasteiger partial charge in [0.2, 0.25) is 5.91 Å². The minimum absolute atomic E-state index is 0.0677. The molecule has 0 saturated heterocycles. The van der Waals surface area contributed by atoms with Gasteiger partial charge in [-0.05, 0) is 64.2 Å². The van der Waals surface area contributed by atoms with Gasteiger partial charge >= 0.3 is 0 Å². The molecule has 412 valence electrons. The predicted octanol–water partition coefficient (Wildman–Crippen LogP) is 21.4. The van der Waals surface area contributed by atoms with Crippen LogP contribution in [0.5, 0.6) is 0 Å². The molecule has 4 nitrogen and oxygen atoms in total. The Morgan fingerprint density at radius 2 is 0.600 bits per heavy atom. The lowest BCUT2D eigenvalue weighted by atomic mass is 10.0. The van der Waals surface area contributed by atoms with Gasteiger partial charge in [-0.3, -0.25) is 4.79 Å². The van der Waals surface area contributed by atoms with Crippen molar-refractivity contribution < 1.29 is 15.0 Å². The second-order valence-electron chi connectivity index (χ2n) is 21.8. The number of nitrogens with one attached hydrogen (secondary N) is 1. The Morgan fingerprint density at radius 1 is 0.343 bits per heavy atom.